The summed E-state index contributed by atoms with van der Waals surface area (Å²) >= 11 is 3.32. The molecule has 1 heterocycles. The average molecular weight is 498 g/mol. The molecule has 0 aliphatic carbocycles. The first-order valence-electron chi connectivity index (χ1n) is 8.93. The number of sulfonamides is 1. The second-order valence-corrected chi connectivity index (χ2v) is 9.26. The molecule has 30 heavy (non-hydrogen) atoms. The van der Waals surface area contributed by atoms with Crippen molar-refractivity contribution in [3.63, 3.8) is 0 Å². The lowest BCUT2D eigenvalue weighted by atomic mass is 10.1. The van der Waals surface area contributed by atoms with Gasteiger partial charge in [0.05, 0.1) is 17.6 Å². The largest absolute Gasteiger partial charge is 0.497 e. The van der Waals surface area contributed by atoms with Crippen LogP contribution in [0.5, 0.6) is 5.75 Å². The second kappa shape index (κ2) is 9.13. The van der Waals surface area contributed by atoms with Crippen LogP contribution in [0.15, 0.2) is 57.9 Å². The SMILES string of the molecule is COc1ccc(S(=O)(=O)N2CCN(C(=O)c3ccccc3Br)CC2C(=O)NO)cc1. The lowest BCUT2D eigenvalue weighted by molar-refractivity contribution is -0.134. The van der Waals surface area contributed by atoms with E-state index in [1.54, 1.807) is 24.3 Å². The van der Waals surface area contributed by atoms with Crippen LogP contribution < -0.4 is 10.2 Å². The van der Waals surface area contributed by atoms with Crippen molar-refractivity contribution in [1.29, 1.82) is 0 Å². The van der Waals surface area contributed by atoms with Crippen LogP contribution >= 0.6 is 15.9 Å². The molecule has 1 saturated heterocycles. The molecule has 0 saturated carbocycles. The van der Waals surface area contributed by atoms with Crippen molar-refractivity contribution in [1.82, 2.24) is 14.7 Å². The third-order valence-electron chi connectivity index (χ3n) is 4.80. The van der Waals surface area contributed by atoms with E-state index in [1.807, 2.05) is 0 Å². The summed E-state index contributed by atoms with van der Waals surface area (Å²) in [5, 5.41) is 9.15. The maximum atomic E-state index is 13.1. The summed E-state index contributed by atoms with van der Waals surface area (Å²) in [6, 6.07) is 11.3. The molecule has 1 atom stereocenters. The normalized spacial score (nSPS) is 17.4. The molecule has 1 aliphatic rings. The van der Waals surface area contributed by atoms with Crippen LogP contribution in [0, 0.1) is 0 Å². The molecular formula is C19H20BrN3O6S. The van der Waals surface area contributed by atoms with Gasteiger partial charge in [-0.15, -0.1) is 0 Å². The Balaban J connectivity index is 1.89. The minimum Gasteiger partial charge on any atom is -0.497 e. The van der Waals surface area contributed by atoms with E-state index in [4.69, 9.17) is 9.94 Å². The predicted molar refractivity (Wildman–Crippen MR) is 111 cm³/mol. The fourth-order valence-electron chi connectivity index (χ4n) is 3.21. The smallest absolute Gasteiger partial charge is 0.263 e. The fourth-order valence-corrected chi connectivity index (χ4v) is 5.24. The number of rotatable bonds is 5. The number of hydrogen-bond acceptors (Lipinski definition) is 6. The third kappa shape index (κ3) is 4.33. The van der Waals surface area contributed by atoms with E-state index in [9.17, 15) is 18.0 Å². The number of halogens is 1. The van der Waals surface area contributed by atoms with Crippen LogP contribution in [-0.2, 0) is 14.8 Å². The van der Waals surface area contributed by atoms with Gasteiger partial charge in [-0.25, -0.2) is 13.9 Å². The molecule has 0 radical (unpaired) electrons. The highest BCUT2D eigenvalue weighted by Gasteiger charge is 2.41. The maximum Gasteiger partial charge on any atom is 0.263 e. The van der Waals surface area contributed by atoms with Crippen molar-refractivity contribution in [2.75, 3.05) is 26.7 Å². The van der Waals surface area contributed by atoms with Crippen molar-refractivity contribution >= 4 is 37.8 Å². The van der Waals surface area contributed by atoms with Crippen LogP contribution in [0.2, 0.25) is 0 Å². The van der Waals surface area contributed by atoms with Crippen molar-refractivity contribution in [2.24, 2.45) is 0 Å². The number of nitrogens with zero attached hydrogens (tertiary/aromatic N) is 2. The molecule has 1 fully saturated rings. The number of piperazine rings is 1. The first-order valence-corrected chi connectivity index (χ1v) is 11.2. The topological polar surface area (TPSA) is 116 Å². The van der Waals surface area contributed by atoms with Gasteiger partial charge in [0.25, 0.3) is 11.8 Å². The monoisotopic (exact) mass is 497 g/mol. The van der Waals surface area contributed by atoms with Gasteiger partial charge in [-0.2, -0.15) is 4.31 Å². The minimum atomic E-state index is -4.05. The summed E-state index contributed by atoms with van der Waals surface area (Å²) in [5.41, 5.74) is 1.90. The number of carbonyl (C=O) groups is 2. The Morgan fingerprint density at radius 2 is 1.80 bits per heavy atom. The second-order valence-electron chi connectivity index (χ2n) is 6.51. The molecule has 160 valence electrons. The van der Waals surface area contributed by atoms with Gasteiger partial charge in [0, 0.05) is 24.1 Å². The van der Waals surface area contributed by atoms with Crippen LogP contribution in [0.1, 0.15) is 10.4 Å². The van der Waals surface area contributed by atoms with E-state index in [-0.39, 0.29) is 30.4 Å². The summed E-state index contributed by atoms with van der Waals surface area (Å²) in [6.07, 6.45) is 0. The predicted octanol–water partition coefficient (Wildman–Crippen LogP) is 1.48. The molecule has 9 nitrogen and oxygen atoms in total. The zero-order valence-corrected chi connectivity index (χ0v) is 18.4. The lowest BCUT2D eigenvalue weighted by Crippen LogP contribution is -2.61. The van der Waals surface area contributed by atoms with E-state index < -0.39 is 22.0 Å². The van der Waals surface area contributed by atoms with Crippen LogP contribution in [0.25, 0.3) is 0 Å². The molecule has 2 amide bonds. The molecule has 1 unspecified atom stereocenters. The van der Waals surface area contributed by atoms with E-state index in [1.165, 1.54) is 41.8 Å². The summed E-state index contributed by atoms with van der Waals surface area (Å²) in [5.74, 6) is -0.779. The molecule has 0 aromatic heterocycles. The van der Waals surface area contributed by atoms with Gasteiger partial charge >= 0.3 is 0 Å². The number of benzene rings is 2. The quantitative estimate of drug-likeness (QED) is 0.477. The molecule has 2 aromatic carbocycles. The minimum absolute atomic E-state index is 0.0235. The number of ether oxygens (including phenoxy) is 1. The number of methoxy groups -OCH3 is 1. The van der Waals surface area contributed by atoms with Crippen molar-refractivity contribution < 1.29 is 28.0 Å². The molecule has 0 bridgehead atoms. The van der Waals surface area contributed by atoms with Crippen LogP contribution in [-0.4, -0.2) is 67.4 Å². The number of nitrogens with one attached hydrogen (secondary N) is 1. The highest BCUT2D eigenvalue weighted by Crippen LogP contribution is 2.25. The summed E-state index contributed by atoms with van der Waals surface area (Å²) < 4.78 is 32.9. The Morgan fingerprint density at radius 1 is 1.13 bits per heavy atom. The van der Waals surface area contributed by atoms with E-state index in [0.717, 1.165) is 4.31 Å². The van der Waals surface area contributed by atoms with Gasteiger partial charge in [-0.1, -0.05) is 12.1 Å². The number of carbonyl (C=O) groups excluding carboxylic acids is 2. The van der Waals surface area contributed by atoms with Gasteiger partial charge in [-0.3, -0.25) is 14.8 Å². The van der Waals surface area contributed by atoms with Gasteiger partial charge in [0.2, 0.25) is 10.0 Å². The van der Waals surface area contributed by atoms with Crippen molar-refractivity contribution in [2.45, 2.75) is 10.9 Å². The molecule has 3 rings (SSSR count). The van der Waals surface area contributed by atoms with Gasteiger partial charge in [0.15, 0.2) is 0 Å². The molecular weight excluding hydrogens is 478 g/mol. The first kappa shape index (κ1) is 22.2. The van der Waals surface area contributed by atoms with Crippen LogP contribution in [0.4, 0.5) is 0 Å². The number of amides is 2. The highest BCUT2D eigenvalue weighted by molar-refractivity contribution is 9.10. The third-order valence-corrected chi connectivity index (χ3v) is 7.42. The van der Waals surface area contributed by atoms with E-state index in [2.05, 4.69) is 15.9 Å². The molecule has 2 N–H and O–H groups in total. The van der Waals surface area contributed by atoms with Gasteiger partial charge < -0.3 is 9.64 Å². The average Bonchev–Trinajstić information content (AvgIpc) is 2.78. The Morgan fingerprint density at radius 3 is 2.40 bits per heavy atom. The standard InChI is InChI=1S/C19H20BrN3O6S/c1-29-13-6-8-14(9-7-13)30(27,28)23-11-10-22(12-17(23)18(24)21-26)19(25)15-4-2-3-5-16(15)20/h2-9,17,26H,10-12H2,1H3,(H,21,24). The molecule has 1 aliphatic heterocycles. The Bertz CT molecular complexity index is 1040. The highest BCUT2D eigenvalue weighted by atomic mass is 79.9. The van der Waals surface area contributed by atoms with E-state index in [0.29, 0.717) is 15.8 Å². The Kier molecular flexibility index (Phi) is 6.76. The van der Waals surface area contributed by atoms with Crippen LogP contribution in [0.3, 0.4) is 0 Å². The summed E-state index contributed by atoms with van der Waals surface area (Å²) in [6.45, 7) is -0.227. The van der Waals surface area contributed by atoms with Gasteiger partial charge in [0.1, 0.15) is 11.8 Å². The van der Waals surface area contributed by atoms with E-state index >= 15 is 0 Å². The molecule has 2 aromatic rings. The van der Waals surface area contributed by atoms with Crippen molar-refractivity contribution in [3.05, 3.63) is 58.6 Å². The summed E-state index contributed by atoms with van der Waals surface area (Å²) in [7, 11) is -2.59. The van der Waals surface area contributed by atoms with Gasteiger partial charge in [-0.05, 0) is 52.3 Å². The summed E-state index contributed by atoms with van der Waals surface area (Å²) in [4.78, 5) is 26.6. The molecule has 11 heteroatoms. The lowest BCUT2D eigenvalue weighted by Gasteiger charge is -2.39. The number of hydrogen-bond donors (Lipinski definition) is 2. The first-order chi connectivity index (χ1) is 14.3. The Hall–Kier alpha value is -2.47. The fraction of sp³-hybridized carbons (Fsp3) is 0.263. The Labute approximate surface area is 182 Å². The zero-order valence-electron chi connectivity index (χ0n) is 16.0. The number of hydroxylamine groups is 1. The molecule has 0 spiro atoms. The zero-order chi connectivity index (χ0) is 21.9. The van der Waals surface area contributed by atoms with Crippen molar-refractivity contribution in [3.8, 4) is 5.75 Å². The maximum absolute atomic E-state index is 13.1.